The average Bonchev–Trinajstić information content (AvgIpc) is 1.66. The van der Waals surface area contributed by atoms with Gasteiger partial charge < -0.3 is 49.2 Å². The fourth-order valence-electron chi connectivity index (χ4n) is 13.9. The van der Waals surface area contributed by atoms with Crippen LogP contribution in [0.3, 0.4) is 0 Å². The molecule has 2 bridgehead atoms. The Kier molecular flexibility index (Phi) is 24.9. The first-order valence-electron chi connectivity index (χ1n) is 32.6. The maximum atomic E-state index is 14.8. The van der Waals surface area contributed by atoms with Crippen LogP contribution in [0, 0.1) is 47.9 Å². The van der Waals surface area contributed by atoms with Crippen LogP contribution in [0.25, 0.3) is 22.4 Å². The second-order valence-electron chi connectivity index (χ2n) is 26.3. The van der Waals surface area contributed by atoms with Crippen LogP contribution in [0.4, 0.5) is 5.95 Å². The third kappa shape index (κ3) is 17.2. The molecule has 16 atom stereocenters. The van der Waals surface area contributed by atoms with Crippen molar-refractivity contribution in [2.45, 2.75) is 186 Å². The molecule has 4 N–H and O–H groups in total. The fourth-order valence-corrected chi connectivity index (χ4v) is 13.9. The van der Waals surface area contributed by atoms with E-state index in [1.165, 1.54) is 11.0 Å². The Labute approximate surface area is 536 Å². The van der Waals surface area contributed by atoms with Crippen LogP contribution in [0.5, 0.6) is 0 Å². The Hall–Kier alpha value is -6.61. The van der Waals surface area contributed by atoms with E-state index in [2.05, 4.69) is 32.1 Å². The highest BCUT2D eigenvalue weighted by molar-refractivity contribution is 6.39. The first-order chi connectivity index (χ1) is 43.6. The number of hydrogen-bond donors (Lipinski definition) is 4. The number of ether oxygens (including phenoxy) is 4. The number of anilines is 1. The van der Waals surface area contributed by atoms with Crippen LogP contribution in [0.1, 0.15) is 132 Å². The Morgan fingerprint density at radius 2 is 1.60 bits per heavy atom. The number of allylic oxidation sites excluding steroid dienone is 6. The summed E-state index contributed by atoms with van der Waals surface area (Å²) in [6.45, 7) is 14.8. The Morgan fingerprint density at radius 3 is 2.33 bits per heavy atom. The van der Waals surface area contributed by atoms with Gasteiger partial charge >= 0.3 is 5.97 Å². The van der Waals surface area contributed by atoms with Gasteiger partial charge in [0.1, 0.15) is 30.1 Å². The molecule has 1 saturated carbocycles. The number of amides is 1. The number of carbonyl (C=O) groups is 5. The van der Waals surface area contributed by atoms with Gasteiger partial charge in [0.2, 0.25) is 11.7 Å². The fraction of sp³-hybridized carbons (Fsp3) is 0.614. The highest BCUT2D eigenvalue weighted by atomic mass is 16.6. The second-order valence-corrected chi connectivity index (χ2v) is 26.3. The number of carbonyl (C=O) groups excluding carboxylic acids is 5. The summed E-state index contributed by atoms with van der Waals surface area (Å²) in [7, 11) is 3.24. The minimum atomic E-state index is -2.47. The first-order valence-corrected chi connectivity index (χ1v) is 32.6. The summed E-state index contributed by atoms with van der Waals surface area (Å²) in [5.41, 5.74) is 4.49. The maximum absolute atomic E-state index is 14.8. The standard InChI is InChI=1S/C70H96N8O13/c1-11-27-75-29-30-76(41-54(75)42-79)69-71-38-53(39-72-69)51-20-17-21-52(35-51)58-40-73-74-78(58)56-26-24-50(34-62(56)89-10)33-46(5)61-37-59(80)45(4)32-48(7)64(82)65(83)63(81)47(6)31-43(2)18-13-12-14-19-44(3)60(88-9)36-55-25-23-49(8)70(87,91-55)66(84)67(85)77-28-16-15-22-57(77)68(86)90-61/h1,12-14,17-21,32,35,38-40,43,45-47,49-50,54-57,60-62,64-65,79,82-83,87H,15-16,22-31,33-34,36-37,41-42H2,2-10H3/b14-12+,18-13+,44-19+,48-32+/t43-,45-,46-,47-,49-,50+,54?,55+,56+,57+,60+,61+,62-,64-,65+,70-/m1/s1. The van der Waals surface area contributed by atoms with Crippen LogP contribution in [0.2, 0.25) is 0 Å². The molecule has 5 aliphatic rings. The number of benzene rings is 1. The molecule has 3 saturated heterocycles. The lowest BCUT2D eigenvalue weighted by molar-refractivity contribution is -0.265. The van der Waals surface area contributed by atoms with Crippen molar-refractivity contribution < 1.29 is 63.3 Å². The minimum Gasteiger partial charge on any atom is -0.460 e. The minimum absolute atomic E-state index is 0.0211. The molecule has 0 radical (unpaired) electrons. The molecule has 1 aromatic carbocycles. The van der Waals surface area contributed by atoms with E-state index in [1.807, 2.05) is 74.0 Å². The second kappa shape index (κ2) is 32.3. The molecule has 21 nitrogen and oxygen atoms in total. The van der Waals surface area contributed by atoms with Gasteiger partial charge in [-0.3, -0.25) is 24.1 Å². The summed E-state index contributed by atoms with van der Waals surface area (Å²) in [5, 5.41) is 53.8. The smallest absolute Gasteiger partial charge is 0.329 e. The summed E-state index contributed by atoms with van der Waals surface area (Å²) in [6.07, 6.45) is 21.2. The maximum Gasteiger partial charge on any atom is 0.329 e. The van der Waals surface area contributed by atoms with Gasteiger partial charge in [-0.2, -0.15) is 0 Å². The predicted molar refractivity (Wildman–Crippen MR) is 343 cm³/mol. The van der Waals surface area contributed by atoms with Crippen molar-refractivity contribution in [3.05, 3.63) is 90.5 Å². The number of piperidine rings is 1. The number of rotatable bonds is 11. The number of ketones is 3. The molecule has 1 aliphatic carbocycles. The number of cyclic esters (lactones) is 1. The van der Waals surface area contributed by atoms with Crippen molar-refractivity contribution in [1.82, 2.24) is 34.8 Å². The van der Waals surface area contributed by atoms with Crippen LogP contribution in [-0.4, -0.2) is 192 Å². The van der Waals surface area contributed by atoms with E-state index in [9.17, 15) is 44.4 Å². The topological polar surface area (TPSA) is 269 Å². The van der Waals surface area contributed by atoms with Gasteiger partial charge in [0.05, 0.1) is 55.4 Å². The number of aliphatic hydroxyl groups excluding tert-OH is 3. The molecule has 4 fully saturated rings. The quantitative estimate of drug-likeness (QED) is 0.0638. The molecule has 3 aromatic rings. The molecular formula is C70H96N8O13. The Balaban J connectivity index is 1.01. The van der Waals surface area contributed by atoms with E-state index in [0.717, 1.165) is 34.4 Å². The summed E-state index contributed by atoms with van der Waals surface area (Å²) in [5.74, 6) is -5.70. The normalized spacial score (nSPS) is 34.2. The van der Waals surface area contributed by atoms with Crippen molar-refractivity contribution in [3.8, 4) is 34.7 Å². The zero-order valence-corrected chi connectivity index (χ0v) is 54.5. The molecule has 0 spiro atoms. The lowest BCUT2D eigenvalue weighted by atomic mass is 9.77. The predicted octanol–water partition coefficient (Wildman–Crippen LogP) is 7.24. The van der Waals surface area contributed by atoms with Crippen LogP contribution >= 0.6 is 0 Å². The zero-order chi connectivity index (χ0) is 65.7. The zero-order valence-electron chi connectivity index (χ0n) is 54.5. The third-order valence-electron chi connectivity index (χ3n) is 19.7. The van der Waals surface area contributed by atoms with Crippen molar-refractivity contribution in [1.29, 1.82) is 0 Å². The van der Waals surface area contributed by atoms with E-state index < -0.39 is 89.5 Å². The number of aromatic nitrogens is 5. The van der Waals surface area contributed by atoms with Gasteiger partial charge in [0.15, 0.2) is 5.78 Å². The summed E-state index contributed by atoms with van der Waals surface area (Å²) in [6, 6.07) is 6.52. The molecule has 21 heteroatoms. The number of hydrogen-bond acceptors (Lipinski definition) is 19. The van der Waals surface area contributed by atoms with E-state index in [4.69, 9.17) is 35.3 Å². The molecule has 494 valence electrons. The van der Waals surface area contributed by atoms with Gasteiger partial charge in [-0.05, 0) is 119 Å². The van der Waals surface area contributed by atoms with E-state index >= 15 is 0 Å². The number of fused-ring (bicyclic) bond motifs is 3. The van der Waals surface area contributed by atoms with Crippen LogP contribution in [0.15, 0.2) is 90.5 Å². The first kappa shape index (κ1) is 70.3. The lowest BCUT2D eigenvalue weighted by Gasteiger charge is -2.42. The number of piperazine rings is 1. The summed E-state index contributed by atoms with van der Waals surface area (Å²) >= 11 is 0. The van der Waals surface area contributed by atoms with Crippen molar-refractivity contribution in [2.75, 3.05) is 58.5 Å². The van der Waals surface area contributed by atoms with Crippen molar-refractivity contribution in [2.24, 2.45) is 35.5 Å². The summed E-state index contributed by atoms with van der Waals surface area (Å²) < 4.78 is 26.7. The summed E-state index contributed by atoms with van der Waals surface area (Å²) in [4.78, 5) is 86.7. The van der Waals surface area contributed by atoms with Gasteiger partial charge in [0.25, 0.3) is 11.7 Å². The van der Waals surface area contributed by atoms with Gasteiger partial charge in [-0.25, -0.2) is 19.4 Å². The van der Waals surface area contributed by atoms with Crippen LogP contribution in [-0.2, 0) is 42.9 Å². The Bertz CT molecular complexity index is 3160. The number of aliphatic hydroxyl groups is 4. The molecular weight excluding hydrogens is 1160 g/mol. The SMILES string of the molecule is C#CCN1CCN(c2ncc(-c3cccc(-c4cnnn4[C@H]4CC[C@@H](C[C@@H](C)[C@@H]5CC(=O)[C@H](C)/C=C(\C)[C@@H](O)[C@@H](O)C(=O)[C@H](C)C[C@H](C)/C=C/C=C/C=C(\C)[C@@H](OC)C[C@@H]6CC[C@@H](C)[C@@](O)(O6)C(=O)C(=O)N6CCCC[C@H]6C(=O)O5)C[C@H]4OC)c3)cn2)CC1CO. The van der Waals surface area contributed by atoms with Gasteiger partial charge in [-0.1, -0.05) is 100 Å². The molecule has 1 amide bonds. The number of Topliss-reactive ketones (excluding diaryl/α,β-unsaturated/α-hetero) is 3. The molecule has 4 aliphatic heterocycles. The van der Waals surface area contributed by atoms with E-state index in [0.29, 0.717) is 83.5 Å². The molecule has 91 heavy (non-hydrogen) atoms. The number of methoxy groups -OCH3 is 2. The van der Waals surface area contributed by atoms with Crippen LogP contribution < -0.4 is 4.90 Å². The third-order valence-corrected chi connectivity index (χ3v) is 19.7. The lowest BCUT2D eigenvalue weighted by Crippen LogP contribution is -2.61. The highest BCUT2D eigenvalue weighted by Crippen LogP contribution is 2.41. The molecule has 6 heterocycles. The molecule has 1 unspecified atom stereocenters. The monoisotopic (exact) mass is 1260 g/mol. The highest BCUT2D eigenvalue weighted by Gasteiger charge is 2.53. The Morgan fingerprint density at radius 1 is 0.846 bits per heavy atom. The van der Waals surface area contributed by atoms with Crippen molar-refractivity contribution >= 4 is 35.2 Å². The average molecular weight is 1260 g/mol. The van der Waals surface area contributed by atoms with Gasteiger partial charge in [-0.15, -0.1) is 11.5 Å². The number of nitrogens with zero attached hydrogens (tertiary/aromatic N) is 8. The number of terminal acetylenes is 1. The largest absolute Gasteiger partial charge is 0.460 e. The van der Waals surface area contributed by atoms with Crippen molar-refractivity contribution in [3.63, 3.8) is 0 Å². The van der Waals surface area contributed by atoms with Gasteiger partial charge in [0, 0.05) is 94.5 Å². The molecule has 8 rings (SSSR count). The van der Waals surface area contributed by atoms with E-state index in [1.54, 1.807) is 60.5 Å². The molecule has 2 aromatic heterocycles. The van der Waals surface area contributed by atoms with E-state index in [-0.39, 0.29) is 73.8 Å². The number of esters is 1.